The zero-order chi connectivity index (χ0) is 21.1. The molecule has 3 N–H and O–H groups in total. The van der Waals surface area contributed by atoms with E-state index in [1.54, 1.807) is 10.8 Å². The molecule has 0 fully saturated rings. The number of rotatable bonds is 7. The monoisotopic (exact) mass is 403 g/mol. The summed E-state index contributed by atoms with van der Waals surface area (Å²) in [5.74, 6) is 0.790. The van der Waals surface area contributed by atoms with Crippen LogP contribution in [0.15, 0.2) is 65.6 Å². The van der Waals surface area contributed by atoms with E-state index < -0.39 is 0 Å². The molecule has 0 saturated heterocycles. The van der Waals surface area contributed by atoms with Crippen LogP contribution in [0.1, 0.15) is 5.56 Å². The molecule has 2 heterocycles. The number of nitrogens with two attached hydrogens (primary N) is 1. The molecule has 0 bridgehead atoms. The zero-order valence-electron chi connectivity index (χ0n) is 17.1. The van der Waals surface area contributed by atoms with Crippen molar-refractivity contribution in [1.82, 2.24) is 19.4 Å². The predicted octanol–water partition coefficient (Wildman–Crippen LogP) is 2.78. The number of para-hydroxylation sites is 1. The van der Waals surface area contributed by atoms with Crippen LogP contribution in [0.25, 0.3) is 28.0 Å². The third kappa shape index (κ3) is 4.12. The largest absolute Gasteiger partial charge is 0.492 e. The summed E-state index contributed by atoms with van der Waals surface area (Å²) in [4.78, 5) is 22.2. The van der Waals surface area contributed by atoms with Crippen molar-refractivity contribution in [1.29, 1.82) is 0 Å². The van der Waals surface area contributed by atoms with E-state index in [-0.39, 0.29) is 5.69 Å². The van der Waals surface area contributed by atoms with Gasteiger partial charge in [-0.05, 0) is 50.0 Å². The second-order valence-electron chi connectivity index (χ2n) is 7.40. The summed E-state index contributed by atoms with van der Waals surface area (Å²) in [5.41, 5.74) is 9.42. The van der Waals surface area contributed by atoms with Crippen molar-refractivity contribution in [3.63, 3.8) is 0 Å². The van der Waals surface area contributed by atoms with Gasteiger partial charge in [-0.2, -0.15) is 4.98 Å². The number of hydrogen-bond donors (Lipinski definition) is 2. The highest BCUT2D eigenvalue weighted by molar-refractivity contribution is 5.84. The second-order valence-corrected chi connectivity index (χ2v) is 7.40. The van der Waals surface area contributed by atoms with Gasteiger partial charge < -0.3 is 20.4 Å². The predicted molar refractivity (Wildman–Crippen MR) is 119 cm³/mol. The van der Waals surface area contributed by atoms with Crippen LogP contribution in [0.5, 0.6) is 5.75 Å². The van der Waals surface area contributed by atoms with E-state index in [1.807, 2.05) is 68.7 Å². The van der Waals surface area contributed by atoms with Crippen LogP contribution < -0.4 is 16.2 Å². The van der Waals surface area contributed by atoms with E-state index in [2.05, 4.69) is 14.9 Å². The highest BCUT2D eigenvalue weighted by Gasteiger charge is 2.12. The Kier molecular flexibility index (Phi) is 5.65. The zero-order valence-corrected chi connectivity index (χ0v) is 17.1. The minimum atomic E-state index is -0.341. The van der Waals surface area contributed by atoms with Crippen molar-refractivity contribution < 1.29 is 4.74 Å². The van der Waals surface area contributed by atoms with Crippen LogP contribution in [0.4, 0.5) is 0 Å². The van der Waals surface area contributed by atoms with E-state index in [0.717, 1.165) is 40.2 Å². The van der Waals surface area contributed by atoms with Gasteiger partial charge in [-0.25, -0.2) is 4.79 Å². The van der Waals surface area contributed by atoms with Crippen LogP contribution >= 0.6 is 0 Å². The van der Waals surface area contributed by atoms with Crippen molar-refractivity contribution >= 4 is 11.0 Å². The Morgan fingerprint density at radius 1 is 1.13 bits per heavy atom. The molecule has 2 aromatic carbocycles. The lowest BCUT2D eigenvalue weighted by Gasteiger charge is -2.13. The molecule has 0 amide bonds. The fourth-order valence-corrected chi connectivity index (χ4v) is 3.27. The first-order valence-corrected chi connectivity index (χ1v) is 9.84. The molecule has 0 radical (unpaired) electrons. The van der Waals surface area contributed by atoms with E-state index in [9.17, 15) is 4.79 Å². The highest BCUT2D eigenvalue weighted by Crippen LogP contribution is 2.31. The molecule has 30 heavy (non-hydrogen) atoms. The maximum absolute atomic E-state index is 12.6. The molecule has 0 atom stereocenters. The normalized spacial score (nSPS) is 11.3. The number of nitrogens with zero attached hydrogens (tertiary/aromatic N) is 3. The number of benzene rings is 2. The van der Waals surface area contributed by atoms with Gasteiger partial charge >= 0.3 is 5.69 Å². The number of H-pyrrole nitrogens is 1. The fraction of sp³-hybridized carbons (Fsp3) is 0.217. The molecule has 7 nitrogen and oxygen atoms in total. The number of likely N-dealkylation sites (N-methyl/N-ethyl adjacent to an activating group) is 1. The molecule has 4 aromatic rings. The summed E-state index contributed by atoms with van der Waals surface area (Å²) < 4.78 is 7.52. The van der Waals surface area contributed by atoms with Crippen molar-refractivity contribution in [3.8, 4) is 22.7 Å². The lowest BCUT2D eigenvalue weighted by molar-refractivity contribution is 0.262. The lowest BCUT2D eigenvalue weighted by atomic mass is 10.1. The summed E-state index contributed by atoms with van der Waals surface area (Å²) in [6.07, 6.45) is 1.80. The molecule has 0 unspecified atom stereocenters. The number of nitrogens with one attached hydrogen (secondary N) is 1. The Morgan fingerprint density at radius 2 is 1.90 bits per heavy atom. The van der Waals surface area contributed by atoms with Gasteiger partial charge in [0, 0.05) is 30.2 Å². The number of aromatic amines is 1. The molecule has 0 spiro atoms. The van der Waals surface area contributed by atoms with E-state index in [4.69, 9.17) is 10.5 Å². The van der Waals surface area contributed by atoms with E-state index >= 15 is 0 Å². The standard InChI is InChI=1S/C23H25N5O2/c1-27(2)11-12-30-21-6-4-3-5-19(21)20-13-17-15-28(23(29)26-22(17)25-20)18-9-7-16(14-24)8-10-18/h3-10,13,15H,11-12,14,24H2,1-2H3,(H,25,26,29). The van der Waals surface area contributed by atoms with Gasteiger partial charge in [-0.15, -0.1) is 0 Å². The van der Waals surface area contributed by atoms with Crippen molar-refractivity contribution in [2.75, 3.05) is 27.2 Å². The summed E-state index contributed by atoms with van der Waals surface area (Å²) >= 11 is 0. The van der Waals surface area contributed by atoms with Crippen molar-refractivity contribution in [2.24, 2.45) is 5.73 Å². The smallest absolute Gasteiger partial charge is 0.354 e. The van der Waals surface area contributed by atoms with Crippen LogP contribution in [-0.4, -0.2) is 46.7 Å². The van der Waals surface area contributed by atoms with Gasteiger partial charge in [0.05, 0.1) is 11.4 Å². The van der Waals surface area contributed by atoms with Crippen LogP contribution in [-0.2, 0) is 6.54 Å². The maximum atomic E-state index is 12.6. The topological polar surface area (TPSA) is 89.2 Å². The number of fused-ring (bicyclic) bond motifs is 1. The average Bonchev–Trinajstić information content (AvgIpc) is 3.16. The first-order chi connectivity index (χ1) is 14.5. The van der Waals surface area contributed by atoms with Gasteiger partial charge in [-0.1, -0.05) is 24.3 Å². The molecular weight excluding hydrogens is 378 g/mol. The molecule has 0 aliphatic carbocycles. The molecular formula is C23H25N5O2. The Morgan fingerprint density at radius 3 is 2.63 bits per heavy atom. The third-order valence-corrected chi connectivity index (χ3v) is 4.93. The Hall–Kier alpha value is -3.42. The number of ether oxygens (including phenoxy) is 1. The van der Waals surface area contributed by atoms with E-state index in [1.165, 1.54) is 0 Å². The SMILES string of the molecule is CN(C)CCOc1ccccc1-c1cc2cn(-c3ccc(CN)cc3)c(=O)nc2[nH]1. The lowest BCUT2D eigenvalue weighted by Crippen LogP contribution is -2.20. The maximum Gasteiger partial charge on any atom is 0.354 e. The molecule has 7 heteroatoms. The van der Waals surface area contributed by atoms with Crippen molar-refractivity contribution in [2.45, 2.75) is 6.54 Å². The summed E-state index contributed by atoms with van der Waals surface area (Å²) in [5, 5.41) is 0.843. The first kappa shape index (κ1) is 19.9. The third-order valence-electron chi connectivity index (χ3n) is 4.93. The fourth-order valence-electron chi connectivity index (χ4n) is 3.27. The Bertz CT molecular complexity index is 1210. The Balaban J connectivity index is 1.70. The average molecular weight is 403 g/mol. The molecule has 4 rings (SSSR count). The number of aromatic nitrogens is 3. The molecule has 2 aromatic heterocycles. The van der Waals surface area contributed by atoms with Crippen LogP contribution in [0.3, 0.4) is 0 Å². The quantitative estimate of drug-likeness (QED) is 0.495. The minimum absolute atomic E-state index is 0.341. The number of hydrogen-bond acceptors (Lipinski definition) is 5. The minimum Gasteiger partial charge on any atom is -0.492 e. The van der Waals surface area contributed by atoms with Gasteiger partial charge in [0.15, 0.2) is 0 Å². The summed E-state index contributed by atoms with van der Waals surface area (Å²) in [6.45, 7) is 1.88. The molecule has 0 aliphatic heterocycles. The summed E-state index contributed by atoms with van der Waals surface area (Å²) in [6, 6.07) is 17.4. The van der Waals surface area contributed by atoms with Crippen LogP contribution in [0.2, 0.25) is 0 Å². The Labute approximate surface area is 174 Å². The first-order valence-electron chi connectivity index (χ1n) is 9.84. The van der Waals surface area contributed by atoms with E-state index in [0.29, 0.717) is 18.8 Å². The van der Waals surface area contributed by atoms with Crippen molar-refractivity contribution in [3.05, 3.63) is 76.8 Å². The van der Waals surface area contributed by atoms with Gasteiger partial charge in [0.2, 0.25) is 0 Å². The van der Waals surface area contributed by atoms with Gasteiger partial charge in [-0.3, -0.25) is 4.57 Å². The van der Waals surface area contributed by atoms with Crippen LogP contribution in [0, 0.1) is 0 Å². The molecule has 154 valence electrons. The molecule has 0 saturated carbocycles. The highest BCUT2D eigenvalue weighted by atomic mass is 16.5. The second kappa shape index (κ2) is 8.52. The molecule has 0 aliphatic rings. The summed E-state index contributed by atoms with van der Waals surface area (Å²) in [7, 11) is 4.02. The van der Waals surface area contributed by atoms with Gasteiger partial charge in [0.25, 0.3) is 0 Å². The van der Waals surface area contributed by atoms with Gasteiger partial charge in [0.1, 0.15) is 18.0 Å².